The van der Waals surface area contributed by atoms with Gasteiger partial charge in [0.15, 0.2) is 5.82 Å². The zero-order valence-electron chi connectivity index (χ0n) is 20.8. The van der Waals surface area contributed by atoms with Crippen molar-refractivity contribution in [3.63, 3.8) is 0 Å². The van der Waals surface area contributed by atoms with Crippen LogP contribution in [0.25, 0.3) is 16.7 Å². The first-order valence-corrected chi connectivity index (χ1v) is 11.7. The van der Waals surface area contributed by atoms with Gasteiger partial charge in [-0.05, 0) is 43.9 Å². The van der Waals surface area contributed by atoms with E-state index in [1.165, 1.54) is 13.3 Å². The summed E-state index contributed by atoms with van der Waals surface area (Å²) in [6, 6.07) is 11.8. The smallest absolute Gasteiger partial charge is 0.316 e. The van der Waals surface area contributed by atoms with Gasteiger partial charge in [-0.2, -0.15) is 4.98 Å². The molecule has 9 heteroatoms. The number of ether oxygens (including phenoxy) is 2. The lowest BCUT2D eigenvalue weighted by atomic mass is 9.94. The van der Waals surface area contributed by atoms with Crippen LogP contribution in [0.2, 0.25) is 0 Å². The Morgan fingerprint density at radius 3 is 2.36 bits per heavy atom. The maximum absolute atomic E-state index is 12.2. The predicted molar refractivity (Wildman–Crippen MR) is 139 cm³/mol. The van der Waals surface area contributed by atoms with Gasteiger partial charge in [-0.1, -0.05) is 30.3 Å². The molecule has 0 radical (unpaired) electrons. The van der Waals surface area contributed by atoms with E-state index in [1.54, 1.807) is 25.6 Å². The maximum Gasteiger partial charge on any atom is 0.316 e. The third-order valence-corrected chi connectivity index (χ3v) is 6.02. The third-order valence-electron chi connectivity index (χ3n) is 6.02. The van der Waals surface area contributed by atoms with Crippen molar-refractivity contribution < 1.29 is 14.3 Å². The Morgan fingerprint density at radius 2 is 1.81 bits per heavy atom. The molecule has 2 heterocycles. The number of allylic oxidation sites excluding steroid dienone is 1. The van der Waals surface area contributed by atoms with Crippen molar-refractivity contribution in [1.82, 2.24) is 20.3 Å². The van der Waals surface area contributed by atoms with Gasteiger partial charge in [-0.3, -0.25) is 14.8 Å². The number of carbonyl (C=O) groups excluding carboxylic acids is 1. The van der Waals surface area contributed by atoms with Crippen LogP contribution in [-0.2, 0) is 14.9 Å². The number of nitrogens with zero attached hydrogens (tertiary/aromatic N) is 3. The first-order valence-electron chi connectivity index (χ1n) is 11.7. The predicted octanol–water partition coefficient (Wildman–Crippen LogP) is 4.18. The van der Waals surface area contributed by atoms with Gasteiger partial charge in [0, 0.05) is 25.0 Å². The largest absolute Gasteiger partial charge is 0.474 e. The molecule has 1 fully saturated rings. The SMILES string of the molecule is CN/C(Nc1cncc(OC(C)C)n1)=C(\C=N)c1ccc(-c2ccc(C3(C(=O)OC)CC3)cc2)cn1. The molecule has 0 spiro atoms. The summed E-state index contributed by atoms with van der Waals surface area (Å²) in [6.07, 6.45) is 7.75. The minimum atomic E-state index is -0.486. The minimum absolute atomic E-state index is 0.0208. The zero-order chi connectivity index (χ0) is 25.7. The Morgan fingerprint density at radius 1 is 1.08 bits per heavy atom. The number of aromatic nitrogens is 3. The van der Waals surface area contributed by atoms with Gasteiger partial charge in [-0.15, -0.1) is 0 Å². The van der Waals surface area contributed by atoms with Crippen LogP contribution in [0.15, 0.2) is 60.8 Å². The Bertz CT molecular complexity index is 1270. The molecule has 0 bridgehead atoms. The molecule has 3 aromatic rings. The number of benzene rings is 1. The number of methoxy groups -OCH3 is 1. The number of pyridine rings is 1. The maximum atomic E-state index is 12.2. The fourth-order valence-corrected chi connectivity index (χ4v) is 4.01. The lowest BCUT2D eigenvalue weighted by molar-refractivity contribution is -0.143. The Balaban J connectivity index is 1.55. The summed E-state index contributed by atoms with van der Waals surface area (Å²) in [5.41, 5.74) is 3.59. The van der Waals surface area contributed by atoms with Gasteiger partial charge in [0.25, 0.3) is 0 Å². The number of rotatable bonds is 10. The Kier molecular flexibility index (Phi) is 7.28. The summed E-state index contributed by atoms with van der Waals surface area (Å²) in [7, 11) is 3.19. The number of hydrogen-bond donors (Lipinski definition) is 3. The molecule has 3 N–H and O–H groups in total. The number of nitrogens with one attached hydrogen (secondary N) is 3. The molecule has 36 heavy (non-hydrogen) atoms. The van der Waals surface area contributed by atoms with E-state index in [4.69, 9.17) is 14.9 Å². The van der Waals surface area contributed by atoms with Crippen LogP contribution < -0.4 is 15.4 Å². The van der Waals surface area contributed by atoms with Crippen LogP contribution in [-0.4, -0.2) is 47.4 Å². The summed E-state index contributed by atoms with van der Waals surface area (Å²) in [6.45, 7) is 3.84. The molecule has 0 aliphatic heterocycles. The van der Waals surface area contributed by atoms with E-state index in [1.807, 2.05) is 50.2 Å². The first kappa shape index (κ1) is 24.8. The lowest BCUT2D eigenvalue weighted by Crippen LogP contribution is -2.21. The van der Waals surface area contributed by atoms with Crippen LogP contribution in [0.1, 0.15) is 37.9 Å². The van der Waals surface area contributed by atoms with E-state index in [0.29, 0.717) is 28.8 Å². The molecule has 4 rings (SSSR count). The van der Waals surface area contributed by atoms with Gasteiger partial charge >= 0.3 is 5.97 Å². The summed E-state index contributed by atoms with van der Waals surface area (Å²) in [4.78, 5) is 25.3. The monoisotopic (exact) mass is 486 g/mol. The van der Waals surface area contributed by atoms with Gasteiger partial charge in [0.2, 0.25) is 5.88 Å². The molecule has 1 aliphatic carbocycles. The molecule has 186 valence electrons. The second-order valence-electron chi connectivity index (χ2n) is 8.80. The number of hydrogen-bond acceptors (Lipinski definition) is 9. The van der Waals surface area contributed by atoms with Crippen LogP contribution in [0, 0.1) is 5.41 Å². The summed E-state index contributed by atoms with van der Waals surface area (Å²) in [5.74, 6) is 1.28. The second kappa shape index (κ2) is 10.6. The highest BCUT2D eigenvalue weighted by atomic mass is 16.5. The van der Waals surface area contributed by atoms with Gasteiger partial charge in [0.1, 0.15) is 5.82 Å². The average molecular weight is 487 g/mol. The quantitative estimate of drug-likeness (QED) is 0.288. The fraction of sp³-hybridized carbons (Fsp3) is 0.296. The summed E-state index contributed by atoms with van der Waals surface area (Å²) in [5, 5.41) is 14.2. The van der Waals surface area contributed by atoms with Crippen molar-refractivity contribution >= 4 is 23.6 Å². The van der Waals surface area contributed by atoms with Crippen molar-refractivity contribution in [3.8, 4) is 17.0 Å². The van der Waals surface area contributed by atoms with Crippen molar-refractivity contribution in [2.45, 2.75) is 38.2 Å². The molecule has 0 unspecified atom stereocenters. The zero-order valence-corrected chi connectivity index (χ0v) is 20.8. The summed E-state index contributed by atoms with van der Waals surface area (Å²) >= 11 is 0. The number of anilines is 1. The van der Waals surface area contributed by atoms with E-state index >= 15 is 0 Å². The molecule has 0 saturated heterocycles. The highest BCUT2D eigenvalue weighted by Gasteiger charge is 2.52. The van der Waals surface area contributed by atoms with Crippen LogP contribution in [0.3, 0.4) is 0 Å². The lowest BCUT2D eigenvalue weighted by Gasteiger charge is -2.15. The highest BCUT2D eigenvalue weighted by Crippen LogP contribution is 2.49. The van der Waals surface area contributed by atoms with Crippen LogP contribution >= 0.6 is 0 Å². The van der Waals surface area contributed by atoms with Gasteiger partial charge in [-0.25, -0.2) is 0 Å². The fourth-order valence-electron chi connectivity index (χ4n) is 4.01. The van der Waals surface area contributed by atoms with E-state index in [0.717, 1.165) is 29.5 Å². The molecule has 2 aromatic heterocycles. The van der Waals surface area contributed by atoms with Crippen molar-refractivity contribution in [2.24, 2.45) is 0 Å². The average Bonchev–Trinajstić information content (AvgIpc) is 3.70. The van der Waals surface area contributed by atoms with E-state index in [-0.39, 0.29) is 12.1 Å². The van der Waals surface area contributed by atoms with Crippen molar-refractivity contribution in [2.75, 3.05) is 19.5 Å². The topological polar surface area (TPSA) is 122 Å². The normalized spacial score (nSPS) is 14.5. The first-order chi connectivity index (χ1) is 17.4. The van der Waals surface area contributed by atoms with E-state index < -0.39 is 5.41 Å². The van der Waals surface area contributed by atoms with E-state index in [2.05, 4.69) is 25.6 Å². The molecule has 0 amide bonds. The molecule has 1 aromatic carbocycles. The molecular weight excluding hydrogens is 456 g/mol. The second-order valence-corrected chi connectivity index (χ2v) is 8.80. The van der Waals surface area contributed by atoms with Gasteiger partial charge in [0.05, 0.1) is 42.3 Å². The van der Waals surface area contributed by atoms with Crippen LogP contribution in [0.5, 0.6) is 5.88 Å². The summed E-state index contributed by atoms with van der Waals surface area (Å²) < 4.78 is 10.6. The molecule has 1 aliphatic rings. The molecule has 9 nitrogen and oxygen atoms in total. The Labute approximate surface area is 210 Å². The van der Waals surface area contributed by atoms with Gasteiger partial charge < -0.3 is 25.5 Å². The van der Waals surface area contributed by atoms with Crippen molar-refractivity contribution in [1.29, 1.82) is 5.41 Å². The molecule has 0 atom stereocenters. The standard InChI is InChI=1S/C27H30N6O3/c1-17(2)36-24-16-30-15-23(32-24)33-25(29-3)21(13-28)22-10-7-19(14-31-22)18-5-8-20(9-6-18)27(11-12-27)26(34)35-4/h5-10,13-17,28-29H,11-12H2,1-4H3,(H,32,33)/b25-21-,28-13?. The van der Waals surface area contributed by atoms with Crippen molar-refractivity contribution in [3.05, 3.63) is 72.1 Å². The Hall–Kier alpha value is -4.27. The van der Waals surface area contributed by atoms with E-state index in [9.17, 15) is 4.79 Å². The van der Waals surface area contributed by atoms with Crippen LogP contribution in [0.4, 0.5) is 5.82 Å². The number of esters is 1. The highest BCUT2D eigenvalue weighted by molar-refractivity contribution is 6.09. The molecule has 1 saturated carbocycles. The third kappa shape index (κ3) is 5.19. The number of carbonyl (C=O) groups is 1. The minimum Gasteiger partial charge on any atom is -0.474 e. The molecular formula is C27H30N6O3.